The fourth-order valence-electron chi connectivity index (χ4n) is 1.77. The van der Waals surface area contributed by atoms with Gasteiger partial charge in [-0.15, -0.1) is 12.4 Å². The van der Waals surface area contributed by atoms with Crippen molar-refractivity contribution in [2.24, 2.45) is 0 Å². The van der Waals surface area contributed by atoms with Crippen LogP contribution in [-0.2, 0) is 37.1 Å². The van der Waals surface area contributed by atoms with Gasteiger partial charge < -0.3 is 54.9 Å². The molecule has 0 saturated carbocycles. The van der Waals surface area contributed by atoms with Gasteiger partial charge in [0, 0.05) is 26.1 Å². The Labute approximate surface area is 231 Å². The molecule has 232 valence electrons. The molecule has 14 N–H and O–H groups in total. The molecule has 0 aromatic carbocycles. The summed E-state index contributed by atoms with van der Waals surface area (Å²) in [5, 5.41) is 8.98. The van der Waals surface area contributed by atoms with Crippen LogP contribution in [0.4, 0.5) is 5.82 Å². The molecule has 21 nitrogen and oxygen atoms in total. The highest BCUT2D eigenvalue weighted by Crippen LogP contribution is 2.26. The van der Waals surface area contributed by atoms with Crippen molar-refractivity contribution in [3.63, 3.8) is 0 Å². The number of aryl methyl sites for hydroxylation is 1. The number of aliphatic hydroxyl groups excluding tert-OH is 1. The van der Waals surface area contributed by atoms with Crippen LogP contribution >= 0.6 is 47.2 Å². The van der Waals surface area contributed by atoms with Crippen molar-refractivity contribution in [3.8, 4) is 0 Å². The second kappa shape index (κ2) is 19.9. The first-order chi connectivity index (χ1) is 16.6. The van der Waals surface area contributed by atoms with Crippen molar-refractivity contribution in [1.29, 1.82) is 0 Å². The Hall–Kier alpha value is -1.04. The molecule has 0 aliphatic heterocycles. The van der Waals surface area contributed by atoms with Crippen LogP contribution in [0.5, 0.6) is 0 Å². The van der Waals surface area contributed by atoms with E-state index in [4.69, 9.17) is 86.1 Å². The van der Waals surface area contributed by atoms with E-state index >= 15 is 0 Å². The van der Waals surface area contributed by atoms with E-state index in [1.165, 1.54) is 4.88 Å². The minimum absolute atomic E-state index is 0. The molecule has 2 aromatic heterocycles. The van der Waals surface area contributed by atoms with Gasteiger partial charge in [0.05, 0.1) is 10.4 Å². The molecule has 0 aliphatic rings. The summed E-state index contributed by atoms with van der Waals surface area (Å²) in [7, 11) is -18.6. The van der Waals surface area contributed by atoms with Crippen LogP contribution in [-0.4, -0.2) is 83.2 Å². The summed E-state index contributed by atoms with van der Waals surface area (Å²) in [6.45, 7) is 4.71. The second-order valence-corrected chi connectivity index (χ2v) is 11.1. The predicted molar refractivity (Wildman–Crippen MR) is 135 cm³/mol. The molecule has 0 atom stereocenters. The fraction of sp³-hybridized carbons (Fsp3) is 0.417. The molecular formula is C12H29ClN4O17P3S2+. The lowest BCUT2D eigenvalue weighted by Crippen LogP contribution is -2.35. The maximum atomic E-state index is 8.98. The zero-order chi connectivity index (χ0) is 31.1. The summed E-state index contributed by atoms with van der Waals surface area (Å²) in [6.07, 6.45) is 2.47. The molecule has 0 bridgehead atoms. The van der Waals surface area contributed by atoms with Gasteiger partial charge in [0.25, 0.3) is 0 Å². The first-order valence-electron chi connectivity index (χ1n) is 8.81. The van der Waals surface area contributed by atoms with E-state index in [-0.39, 0.29) is 19.0 Å². The number of nitrogen functional groups attached to an aromatic ring is 1. The van der Waals surface area contributed by atoms with Crippen molar-refractivity contribution < 1.29 is 84.9 Å². The Morgan fingerprint density at radius 3 is 1.59 bits per heavy atom. The minimum atomic E-state index is -4.67. The first-order valence-corrected chi connectivity index (χ1v) is 15.8. The zero-order valence-corrected chi connectivity index (χ0v) is 24.8. The normalized spacial score (nSPS) is 11.0. The zero-order valence-electron chi connectivity index (χ0n) is 19.7. The maximum absolute atomic E-state index is 8.98. The number of halogens is 1. The molecule has 27 heteroatoms. The number of phosphoric acid groups is 3. The quantitative estimate of drug-likeness (QED) is 0.0900. The van der Waals surface area contributed by atoms with Crippen LogP contribution in [0, 0.1) is 13.8 Å². The third-order valence-corrected chi connectivity index (χ3v) is 4.00. The number of anilines is 1. The van der Waals surface area contributed by atoms with Crippen molar-refractivity contribution in [3.05, 3.63) is 33.7 Å². The van der Waals surface area contributed by atoms with Gasteiger partial charge in [0.2, 0.25) is 5.51 Å². The summed E-state index contributed by atoms with van der Waals surface area (Å²) in [5.41, 5.74) is 10.0. The molecule has 0 fully saturated rings. The summed E-state index contributed by atoms with van der Waals surface area (Å²) in [5.74, 6) is 1.22. The molecule has 0 saturated heterocycles. The summed E-state index contributed by atoms with van der Waals surface area (Å²) >= 11 is 1.65. The van der Waals surface area contributed by atoms with Gasteiger partial charge in [-0.05, 0) is 6.92 Å². The first kappa shape index (κ1) is 45.0. The van der Waals surface area contributed by atoms with Gasteiger partial charge in [0.15, 0.2) is 12.2 Å². The van der Waals surface area contributed by atoms with E-state index in [2.05, 4.69) is 14.5 Å². The van der Waals surface area contributed by atoms with Crippen LogP contribution in [0.3, 0.4) is 0 Å². The molecule has 0 aliphatic carbocycles. The lowest BCUT2D eigenvalue weighted by atomic mass is 10.2. The van der Waals surface area contributed by atoms with E-state index in [0.29, 0.717) is 24.6 Å². The van der Waals surface area contributed by atoms with Crippen LogP contribution in [0.25, 0.3) is 0 Å². The SMILES string of the molecule is Cc1ncc(C[n+]2csc(CCO)c2C)c(N)n1.Cl.O=P(O)(O)O.O=P(O)(O)O.O=P(O)(O)O.O=S(=O)(O)O. The average Bonchev–Trinajstić information content (AvgIpc) is 2.92. The van der Waals surface area contributed by atoms with E-state index in [1.807, 2.05) is 19.4 Å². The Bertz CT molecular complexity index is 1150. The summed E-state index contributed by atoms with van der Waals surface area (Å²) in [4.78, 5) is 74.2. The van der Waals surface area contributed by atoms with E-state index in [1.54, 1.807) is 17.5 Å². The molecule has 39 heavy (non-hydrogen) atoms. The van der Waals surface area contributed by atoms with Gasteiger partial charge in [-0.1, -0.05) is 11.3 Å². The molecular weight excluding hydrogens is 665 g/mol. The largest absolute Gasteiger partial charge is 0.466 e. The molecule has 0 amide bonds. The van der Waals surface area contributed by atoms with Crippen molar-refractivity contribution in [1.82, 2.24) is 9.97 Å². The third kappa shape index (κ3) is 44.2. The number of hydrogen-bond acceptors (Lipinski definition) is 10. The molecule has 0 unspecified atom stereocenters. The molecule has 2 rings (SSSR count). The monoisotopic (exact) mass is 693 g/mol. The summed E-state index contributed by atoms with van der Waals surface area (Å²) in [6, 6.07) is 0. The Morgan fingerprint density at radius 1 is 0.923 bits per heavy atom. The maximum Gasteiger partial charge on any atom is 0.466 e. The van der Waals surface area contributed by atoms with Gasteiger partial charge >= 0.3 is 33.9 Å². The van der Waals surface area contributed by atoms with Crippen LogP contribution in [0.1, 0.15) is 22.0 Å². The van der Waals surface area contributed by atoms with E-state index in [0.717, 1.165) is 11.3 Å². The third-order valence-electron chi connectivity index (χ3n) is 2.85. The number of thiazole rings is 1. The number of hydrogen-bond donors (Lipinski definition) is 13. The molecule has 0 radical (unpaired) electrons. The predicted octanol–water partition coefficient (Wildman–Crippen LogP) is -2.41. The number of aliphatic hydroxyl groups is 1. The molecule has 0 spiro atoms. The Balaban J connectivity index is -0.000000241. The minimum Gasteiger partial charge on any atom is -0.396 e. The van der Waals surface area contributed by atoms with Gasteiger partial charge in [-0.3, -0.25) is 9.11 Å². The van der Waals surface area contributed by atoms with Crippen LogP contribution in [0.15, 0.2) is 11.7 Å². The summed E-state index contributed by atoms with van der Waals surface area (Å²) < 4.78 is 60.3. The highest BCUT2D eigenvalue weighted by atomic mass is 35.5. The Kier molecular flexibility index (Phi) is 23.0. The Morgan fingerprint density at radius 2 is 1.28 bits per heavy atom. The lowest BCUT2D eigenvalue weighted by Gasteiger charge is -2.01. The van der Waals surface area contributed by atoms with E-state index in [9.17, 15) is 0 Å². The fourth-order valence-corrected chi connectivity index (χ4v) is 2.75. The van der Waals surface area contributed by atoms with E-state index < -0.39 is 33.9 Å². The topological polar surface area (TPSA) is 384 Å². The van der Waals surface area contributed by atoms with Gasteiger partial charge in [0.1, 0.15) is 11.6 Å². The van der Waals surface area contributed by atoms with Crippen molar-refractivity contribution in [2.75, 3.05) is 12.3 Å². The van der Waals surface area contributed by atoms with Crippen molar-refractivity contribution in [2.45, 2.75) is 26.8 Å². The van der Waals surface area contributed by atoms with Crippen LogP contribution in [0.2, 0.25) is 0 Å². The number of nitrogens with zero attached hydrogens (tertiary/aromatic N) is 3. The highest BCUT2D eigenvalue weighted by molar-refractivity contribution is 7.79. The second-order valence-electron chi connectivity index (χ2n) is 6.15. The number of rotatable bonds is 4. The highest BCUT2D eigenvalue weighted by Gasteiger charge is 2.17. The van der Waals surface area contributed by atoms with Gasteiger partial charge in [-0.2, -0.15) is 13.0 Å². The smallest absolute Gasteiger partial charge is 0.396 e. The number of aromatic nitrogens is 3. The van der Waals surface area contributed by atoms with Gasteiger partial charge in [-0.25, -0.2) is 23.7 Å². The standard InChI is InChI=1S/C12H17N4OS.ClH.3H3O4P.H2O4S/c1-8-11(3-4-17)18-7-16(8)6-10-5-14-9(2)15-12(10)13;;4*1-5(2,3)4/h5,7,17H,3-4,6H2,1-2H3,(H2,13,14,15);1H;3*(H3,1,2,3,4);(H2,1,2,3,4)/q+1;;;;;. The molecule has 2 aromatic rings. The lowest BCUT2D eigenvalue weighted by molar-refractivity contribution is -0.689. The average molecular weight is 694 g/mol. The molecule has 2 heterocycles. The number of nitrogens with two attached hydrogens (primary N) is 1. The van der Waals surface area contributed by atoms with Crippen LogP contribution < -0.4 is 10.3 Å². The van der Waals surface area contributed by atoms with Crippen molar-refractivity contribution >= 4 is 63.4 Å².